The van der Waals surface area contributed by atoms with E-state index in [0.29, 0.717) is 13.0 Å². The molecule has 4 fully saturated rings. The van der Waals surface area contributed by atoms with E-state index in [0.717, 1.165) is 12.8 Å². The Balaban J connectivity index is 1.50. The molecule has 2 amide bonds. The Morgan fingerprint density at radius 1 is 0.973 bits per heavy atom. The molecule has 4 aliphatic heterocycles. The van der Waals surface area contributed by atoms with Crippen molar-refractivity contribution in [2.24, 2.45) is 11.3 Å². The molecule has 4 saturated heterocycles. The van der Waals surface area contributed by atoms with Crippen LogP contribution in [0.5, 0.6) is 0 Å². The molecule has 4 heterocycles. The number of hydrogen-bond acceptors (Lipinski definition) is 3. The second-order valence-corrected chi connectivity index (χ2v) is 17.3. The number of nitrogens with one attached hydrogen (secondary N) is 1. The van der Waals surface area contributed by atoms with E-state index in [1.807, 2.05) is 11.0 Å². The molecule has 1 aliphatic carbocycles. The lowest BCUT2D eigenvalue weighted by atomic mass is 9.53. The normalized spacial score (nSPS) is 32.2. The van der Waals surface area contributed by atoms with Crippen molar-refractivity contribution >= 4 is 30.5 Å². The molecule has 6 heteroatoms. The topological polar surface area (TPSA) is 58.6 Å². The molecule has 194 valence electrons. The van der Waals surface area contributed by atoms with Crippen LogP contribution in [0.15, 0.2) is 72.8 Å². The summed E-state index contributed by atoms with van der Waals surface area (Å²) in [6, 6.07) is 21.4. The number of amides is 2. The molecule has 0 radical (unpaired) electrons. The molecule has 37 heavy (non-hydrogen) atoms. The van der Waals surface area contributed by atoms with Gasteiger partial charge in [-0.25, -0.2) is 0 Å². The standard InChI is InChI=1S/C31H38N2O3Si/c1-28(2,3)37(22-13-8-6-9-14-22,23-15-10-7-11-16-23)36-25-17-19-31-24(29(25,4)5)21-30(26(34)32-31)18-12-20-33(30)27(31)35/h6-11,13-17,19,24-25H,12,18,20-21H2,1-5H3,(H,32,34)/t24-,25-,30-,31-/m1/s1. The first-order valence-corrected chi connectivity index (χ1v) is 15.5. The lowest BCUT2D eigenvalue weighted by molar-refractivity contribution is -0.180. The average molecular weight is 515 g/mol. The summed E-state index contributed by atoms with van der Waals surface area (Å²) < 4.78 is 7.57. The van der Waals surface area contributed by atoms with Crippen LogP contribution >= 0.6 is 0 Å². The summed E-state index contributed by atoms with van der Waals surface area (Å²) in [4.78, 5) is 29.1. The zero-order chi connectivity index (χ0) is 26.3. The SMILES string of the molecule is CC1(C)[C@H]2C[C@@]34CCCN3C(=O)[C@]2(C=C[C@H]1O[Si](c1ccccc1)(c1ccccc1)C(C)(C)C)NC4=O. The third kappa shape index (κ3) is 3.12. The maximum atomic E-state index is 13.9. The Labute approximate surface area is 221 Å². The largest absolute Gasteiger partial charge is 0.401 e. The third-order valence-corrected chi connectivity index (χ3v) is 14.8. The highest BCUT2D eigenvalue weighted by Crippen LogP contribution is 2.58. The van der Waals surface area contributed by atoms with Gasteiger partial charge in [0, 0.05) is 12.5 Å². The van der Waals surface area contributed by atoms with Gasteiger partial charge in [0.15, 0.2) is 0 Å². The van der Waals surface area contributed by atoms with Gasteiger partial charge in [-0.05, 0) is 40.1 Å². The molecule has 1 N–H and O–H groups in total. The van der Waals surface area contributed by atoms with Gasteiger partial charge in [-0.2, -0.15) is 0 Å². The maximum Gasteiger partial charge on any atom is 0.261 e. The number of nitrogens with zero attached hydrogens (tertiary/aromatic N) is 1. The molecule has 7 rings (SSSR count). The predicted octanol–water partition coefficient (Wildman–Crippen LogP) is 3.78. The lowest BCUT2D eigenvalue weighted by Crippen LogP contribution is -2.83. The number of benzene rings is 2. The number of carbonyl (C=O) groups is 2. The summed E-state index contributed by atoms with van der Waals surface area (Å²) in [6.45, 7) is 12.0. The van der Waals surface area contributed by atoms with Crippen LogP contribution in [0.3, 0.4) is 0 Å². The van der Waals surface area contributed by atoms with E-state index in [9.17, 15) is 9.59 Å². The number of piperazine rings is 1. The van der Waals surface area contributed by atoms with Crippen molar-refractivity contribution < 1.29 is 14.0 Å². The summed E-state index contributed by atoms with van der Waals surface area (Å²) >= 11 is 0. The van der Waals surface area contributed by atoms with Gasteiger partial charge >= 0.3 is 0 Å². The van der Waals surface area contributed by atoms with E-state index in [1.54, 1.807) is 0 Å². The zero-order valence-electron chi connectivity index (χ0n) is 22.6. The second kappa shape index (κ2) is 7.90. The number of piperidine rings is 2. The van der Waals surface area contributed by atoms with Crippen molar-refractivity contribution in [3.63, 3.8) is 0 Å². The molecule has 2 bridgehead atoms. The van der Waals surface area contributed by atoms with Crippen LogP contribution in [0.2, 0.25) is 5.04 Å². The summed E-state index contributed by atoms with van der Waals surface area (Å²) in [5.74, 6) is 0.0505. The summed E-state index contributed by atoms with van der Waals surface area (Å²) in [6.07, 6.45) is 6.19. The highest BCUT2D eigenvalue weighted by atomic mass is 28.4. The fraction of sp³-hybridized carbons (Fsp3) is 0.484. The van der Waals surface area contributed by atoms with Crippen LogP contribution in [0.25, 0.3) is 0 Å². The number of fused-ring (bicyclic) bond motifs is 1. The Bertz CT molecular complexity index is 1230. The van der Waals surface area contributed by atoms with Crippen LogP contribution in [0.4, 0.5) is 0 Å². The van der Waals surface area contributed by atoms with Crippen molar-refractivity contribution in [2.75, 3.05) is 6.54 Å². The minimum atomic E-state index is -2.80. The van der Waals surface area contributed by atoms with Crippen molar-refractivity contribution in [2.45, 2.75) is 76.1 Å². The van der Waals surface area contributed by atoms with E-state index in [1.165, 1.54) is 10.4 Å². The van der Waals surface area contributed by atoms with E-state index in [2.05, 4.69) is 107 Å². The Morgan fingerprint density at radius 3 is 2.14 bits per heavy atom. The molecule has 4 atom stereocenters. The monoisotopic (exact) mass is 514 g/mol. The first-order valence-electron chi connectivity index (χ1n) is 13.6. The second-order valence-electron chi connectivity index (χ2n) is 13.1. The molecular formula is C31H38N2O3Si. The molecular weight excluding hydrogens is 476 g/mol. The van der Waals surface area contributed by atoms with E-state index >= 15 is 0 Å². The van der Waals surface area contributed by atoms with Crippen molar-refractivity contribution in [1.82, 2.24) is 10.2 Å². The molecule has 2 spiro atoms. The first kappa shape index (κ1) is 24.6. The fourth-order valence-electron chi connectivity index (χ4n) is 7.87. The van der Waals surface area contributed by atoms with Gasteiger partial charge in [-0.3, -0.25) is 9.59 Å². The van der Waals surface area contributed by atoms with Gasteiger partial charge in [-0.1, -0.05) is 107 Å². The predicted molar refractivity (Wildman–Crippen MR) is 148 cm³/mol. The summed E-state index contributed by atoms with van der Waals surface area (Å²) in [5, 5.41) is 5.55. The van der Waals surface area contributed by atoms with Gasteiger partial charge in [0.25, 0.3) is 14.2 Å². The van der Waals surface area contributed by atoms with Gasteiger partial charge in [-0.15, -0.1) is 0 Å². The van der Waals surface area contributed by atoms with Crippen LogP contribution in [0, 0.1) is 11.3 Å². The van der Waals surface area contributed by atoms with E-state index < -0.39 is 19.4 Å². The highest BCUT2D eigenvalue weighted by molar-refractivity contribution is 6.99. The van der Waals surface area contributed by atoms with Crippen LogP contribution in [0.1, 0.15) is 53.9 Å². The Kier molecular flexibility index (Phi) is 5.26. The summed E-state index contributed by atoms with van der Waals surface area (Å²) in [5.41, 5.74) is -2.04. The molecule has 5 aliphatic rings. The number of hydrogen-bond donors (Lipinski definition) is 1. The van der Waals surface area contributed by atoms with E-state index in [-0.39, 0.29) is 34.3 Å². The van der Waals surface area contributed by atoms with Crippen molar-refractivity contribution in [1.29, 1.82) is 0 Å². The number of rotatable bonds is 4. The highest BCUT2D eigenvalue weighted by Gasteiger charge is 2.72. The molecule has 0 unspecified atom stereocenters. The first-order chi connectivity index (χ1) is 17.5. The lowest BCUT2D eigenvalue weighted by Gasteiger charge is -2.64. The van der Waals surface area contributed by atoms with Crippen LogP contribution < -0.4 is 15.7 Å². The zero-order valence-corrected chi connectivity index (χ0v) is 23.6. The average Bonchev–Trinajstić information content (AvgIpc) is 3.31. The quantitative estimate of drug-likeness (QED) is 0.499. The maximum absolute atomic E-state index is 13.9. The molecule has 0 aromatic heterocycles. The molecule has 2 aromatic rings. The van der Waals surface area contributed by atoms with E-state index in [4.69, 9.17) is 4.43 Å². The Hall–Kier alpha value is -2.70. The fourth-order valence-corrected chi connectivity index (χ4v) is 12.6. The molecule has 2 aromatic carbocycles. The van der Waals surface area contributed by atoms with Crippen molar-refractivity contribution in [3.05, 3.63) is 72.8 Å². The summed E-state index contributed by atoms with van der Waals surface area (Å²) in [7, 11) is -2.80. The van der Waals surface area contributed by atoms with Gasteiger partial charge in [0.2, 0.25) is 5.91 Å². The molecule has 0 saturated carbocycles. The smallest absolute Gasteiger partial charge is 0.261 e. The van der Waals surface area contributed by atoms with Crippen molar-refractivity contribution in [3.8, 4) is 0 Å². The minimum Gasteiger partial charge on any atom is -0.401 e. The molecule has 5 nitrogen and oxygen atoms in total. The minimum absolute atomic E-state index is 0.0210. The van der Waals surface area contributed by atoms with Crippen LogP contribution in [-0.2, 0) is 14.0 Å². The number of carbonyl (C=O) groups excluding carboxylic acids is 2. The van der Waals surface area contributed by atoms with Gasteiger partial charge < -0.3 is 14.6 Å². The van der Waals surface area contributed by atoms with Gasteiger partial charge in [0.1, 0.15) is 11.1 Å². The third-order valence-electron chi connectivity index (χ3n) is 9.81. The van der Waals surface area contributed by atoms with Crippen LogP contribution in [-0.4, -0.2) is 48.8 Å². The Morgan fingerprint density at radius 2 is 1.57 bits per heavy atom. The van der Waals surface area contributed by atoms with Gasteiger partial charge in [0.05, 0.1) is 6.10 Å².